The molecule has 0 spiro atoms. The first kappa shape index (κ1) is 25.9. The molecule has 96 valence electrons. The molecule has 0 saturated carbocycles. The van der Waals surface area contributed by atoms with E-state index in [2.05, 4.69) is 47.8 Å². The molecule has 0 bridgehead atoms. The molecule has 0 atom stereocenters. The second-order valence-electron chi connectivity index (χ2n) is 1.52. The summed E-state index contributed by atoms with van der Waals surface area (Å²) in [5.74, 6) is -3.24. The van der Waals surface area contributed by atoms with Crippen molar-refractivity contribution in [2.75, 3.05) is 16.0 Å². The summed E-state index contributed by atoms with van der Waals surface area (Å²) >= 11 is 7.95. The number of carboxylic acids is 3. The van der Waals surface area contributed by atoms with Crippen LogP contribution in [0, 0.1) is 38.6 Å². The molecule has 0 aromatic rings. The van der Waals surface area contributed by atoms with Crippen LogP contribution in [0.15, 0.2) is 0 Å². The van der Waals surface area contributed by atoms with Gasteiger partial charge in [0.05, 0.1) is 17.9 Å². The first-order valence-corrected chi connectivity index (χ1v) is 6.45. The van der Waals surface area contributed by atoms with Crippen molar-refractivity contribution in [3.63, 3.8) is 0 Å². The normalized spacial score (nSPS) is 6.94. The number of alkyl halides is 3. The van der Waals surface area contributed by atoms with Gasteiger partial charge < -0.3 is 29.7 Å². The summed E-state index contributed by atoms with van der Waals surface area (Å²) in [6.07, 6.45) is 0. The average Bonchev–Trinajstić information content (AvgIpc) is 2.19. The van der Waals surface area contributed by atoms with E-state index in [1.54, 1.807) is 0 Å². The third-order valence-corrected chi connectivity index (χ3v) is 1.70. The number of carboxylic acid groups (broad SMARTS) is 3. The topological polar surface area (TPSA) is 120 Å². The van der Waals surface area contributed by atoms with Gasteiger partial charge in [0.15, 0.2) is 0 Å². The van der Waals surface area contributed by atoms with Crippen LogP contribution >= 0.6 is 47.8 Å². The van der Waals surface area contributed by atoms with E-state index in [4.69, 9.17) is 0 Å². The molecule has 16 heavy (non-hydrogen) atoms. The van der Waals surface area contributed by atoms with Crippen molar-refractivity contribution in [3.8, 4) is 0 Å². The molecule has 0 aliphatic carbocycles. The summed E-state index contributed by atoms with van der Waals surface area (Å²) in [6, 6.07) is 0. The molecule has 0 heterocycles. The summed E-state index contributed by atoms with van der Waals surface area (Å²) < 4.78 is 0. The molecule has 0 rings (SSSR count). The van der Waals surface area contributed by atoms with Gasteiger partial charge in [0, 0.05) is 16.0 Å². The van der Waals surface area contributed by atoms with Crippen LogP contribution < -0.4 is 15.3 Å². The fourth-order valence-electron chi connectivity index (χ4n) is 0. The maximum absolute atomic E-state index is 9.21. The predicted molar refractivity (Wildman–Crippen MR) is 56.4 cm³/mol. The summed E-state index contributed by atoms with van der Waals surface area (Å²) in [4.78, 5) is 27.6. The molecular weight excluding hydrogens is 567 g/mol. The van der Waals surface area contributed by atoms with Crippen molar-refractivity contribution in [1.29, 1.82) is 0 Å². The zero-order valence-corrected chi connectivity index (χ0v) is 14.4. The third-order valence-electron chi connectivity index (χ3n) is 0.327. The summed E-state index contributed by atoms with van der Waals surface area (Å²) in [6.45, 7) is 0. The SMILES string of the molecule is O=C([O-])CBr.O=C([O-])CBr.O=C([O-])CBr.[Tb+3]. The molecule has 6 nitrogen and oxygen atoms in total. The van der Waals surface area contributed by atoms with E-state index < -0.39 is 17.9 Å². The Hall–Kier alpha value is 1.14. The van der Waals surface area contributed by atoms with E-state index >= 15 is 0 Å². The number of hydrogen-bond donors (Lipinski definition) is 0. The average molecular weight is 573 g/mol. The molecule has 10 heteroatoms. The van der Waals surface area contributed by atoms with Crippen molar-refractivity contribution in [2.45, 2.75) is 0 Å². The van der Waals surface area contributed by atoms with Crippen LogP contribution in [0.3, 0.4) is 0 Å². The molecule has 0 aliphatic rings. The zero-order valence-electron chi connectivity index (χ0n) is 7.54. The summed E-state index contributed by atoms with van der Waals surface area (Å²) in [7, 11) is 0. The Morgan fingerprint density at radius 2 is 0.750 bits per heavy atom. The van der Waals surface area contributed by atoms with Crippen LogP contribution in [0.4, 0.5) is 0 Å². The molecule has 0 fully saturated rings. The van der Waals surface area contributed by atoms with Gasteiger partial charge in [-0.05, 0) is 0 Å². The largest absolute Gasteiger partial charge is 3.00 e. The van der Waals surface area contributed by atoms with Crippen molar-refractivity contribution in [3.05, 3.63) is 0 Å². The van der Waals surface area contributed by atoms with Gasteiger partial charge in [-0.2, -0.15) is 0 Å². The van der Waals surface area contributed by atoms with Crippen molar-refractivity contribution >= 4 is 65.7 Å². The molecular formula is C6H6Br3O6Tb. The Morgan fingerprint density at radius 3 is 0.750 bits per heavy atom. The number of aliphatic carboxylic acids is 3. The Labute approximate surface area is 148 Å². The number of halogens is 3. The minimum Gasteiger partial charge on any atom is -0.549 e. The van der Waals surface area contributed by atoms with E-state index in [-0.39, 0.29) is 54.6 Å². The fraction of sp³-hybridized carbons (Fsp3) is 0.500. The first-order valence-electron chi connectivity index (χ1n) is 3.09. The minimum absolute atomic E-state index is 0. The van der Waals surface area contributed by atoms with Crippen LogP contribution in [0.25, 0.3) is 0 Å². The second kappa shape index (κ2) is 21.4. The Bertz CT molecular complexity index is 167. The van der Waals surface area contributed by atoms with Crippen LogP contribution in [0.5, 0.6) is 0 Å². The summed E-state index contributed by atoms with van der Waals surface area (Å²) in [5.41, 5.74) is 0. The van der Waals surface area contributed by atoms with E-state index in [9.17, 15) is 29.7 Å². The van der Waals surface area contributed by atoms with Gasteiger partial charge in [-0.3, -0.25) is 0 Å². The molecule has 0 saturated heterocycles. The number of rotatable bonds is 3. The van der Waals surface area contributed by atoms with Crippen molar-refractivity contribution in [1.82, 2.24) is 0 Å². The van der Waals surface area contributed by atoms with Crippen LogP contribution in [-0.4, -0.2) is 33.9 Å². The van der Waals surface area contributed by atoms with Crippen LogP contribution in [0.2, 0.25) is 0 Å². The van der Waals surface area contributed by atoms with Crippen molar-refractivity contribution in [2.24, 2.45) is 0 Å². The molecule has 0 aromatic carbocycles. The number of hydrogen-bond acceptors (Lipinski definition) is 6. The molecule has 0 unspecified atom stereocenters. The van der Waals surface area contributed by atoms with E-state index in [1.165, 1.54) is 0 Å². The van der Waals surface area contributed by atoms with Gasteiger partial charge in [-0.15, -0.1) is 0 Å². The Kier molecular flexibility index (Phi) is 34.6. The van der Waals surface area contributed by atoms with E-state index in [1.807, 2.05) is 0 Å². The molecule has 0 N–H and O–H groups in total. The van der Waals surface area contributed by atoms with Crippen LogP contribution in [0.1, 0.15) is 0 Å². The molecule has 0 radical (unpaired) electrons. The number of carbonyl (C=O) groups excluding carboxylic acids is 3. The van der Waals surface area contributed by atoms with Gasteiger partial charge in [-0.1, -0.05) is 47.8 Å². The first-order chi connectivity index (χ1) is 6.81. The second-order valence-corrected chi connectivity index (χ2v) is 3.20. The third kappa shape index (κ3) is 59.4. The Balaban J connectivity index is -0.0000000655. The van der Waals surface area contributed by atoms with Gasteiger partial charge in [-0.25, -0.2) is 0 Å². The maximum atomic E-state index is 9.21. The van der Waals surface area contributed by atoms with Gasteiger partial charge in [0.25, 0.3) is 0 Å². The minimum atomic E-state index is -1.08. The van der Waals surface area contributed by atoms with E-state index in [0.29, 0.717) is 0 Å². The monoisotopic (exact) mass is 570 g/mol. The predicted octanol–water partition coefficient (Wildman–Crippen LogP) is -2.61. The standard InChI is InChI=1S/3C2H3BrO2.Tb/c3*3-1-2(4)5;/h3*1H2,(H,4,5);/q;;;+3/p-3. The van der Waals surface area contributed by atoms with Gasteiger partial charge in [0.2, 0.25) is 0 Å². The van der Waals surface area contributed by atoms with Crippen LogP contribution in [-0.2, 0) is 14.4 Å². The Morgan fingerprint density at radius 1 is 0.688 bits per heavy atom. The molecule has 0 amide bonds. The maximum Gasteiger partial charge on any atom is 3.00 e. The molecule has 0 aromatic heterocycles. The van der Waals surface area contributed by atoms with E-state index in [0.717, 1.165) is 0 Å². The van der Waals surface area contributed by atoms with Gasteiger partial charge >= 0.3 is 38.6 Å². The zero-order chi connectivity index (χ0) is 12.9. The smallest absolute Gasteiger partial charge is 0.549 e. The van der Waals surface area contributed by atoms with Gasteiger partial charge in [0.1, 0.15) is 0 Å². The fourth-order valence-corrected chi connectivity index (χ4v) is 0. The quantitative estimate of drug-likeness (QED) is 0.342. The number of carbonyl (C=O) groups is 3. The summed E-state index contributed by atoms with van der Waals surface area (Å²) in [5, 5.41) is 27.4. The molecule has 0 aliphatic heterocycles. The van der Waals surface area contributed by atoms with Crippen molar-refractivity contribution < 1.29 is 68.3 Å².